The van der Waals surface area contributed by atoms with Gasteiger partial charge in [0.25, 0.3) is 10.0 Å². The number of nitrogens with zero attached hydrogens (tertiary/aromatic N) is 2. The predicted molar refractivity (Wildman–Crippen MR) is 167 cm³/mol. The Morgan fingerprint density at radius 2 is 1.51 bits per heavy atom. The molecule has 3 rings (SSSR count). The minimum Gasteiger partial charge on any atom is -0.350 e. The predicted octanol–water partition coefficient (Wildman–Crippen LogP) is 7.14. The Hall–Kier alpha value is -2.49. The van der Waals surface area contributed by atoms with Crippen LogP contribution in [-0.2, 0) is 26.2 Å². The molecule has 0 saturated heterocycles. The molecule has 12 heteroatoms. The van der Waals surface area contributed by atoms with Crippen LogP contribution in [0.4, 0.5) is 5.69 Å². The van der Waals surface area contributed by atoms with Crippen LogP contribution in [-0.4, -0.2) is 43.3 Å². The van der Waals surface area contributed by atoms with Crippen LogP contribution in [0.1, 0.15) is 38.8 Å². The van der Waals surface area contributed by atoms with Crippen molar-refractivity contribution >= 4 is 73.9 Å². The first-order chi connectivity index (χ1) is 19.0. The van der Waals surface area contributed by atoms with Gasteiger partial charge >= 0.3 is 0 Å². The molecule has 3 aromatic carbocycles. The van der Waals surface area contributed by atoms with E-state index in [1.165, 1.54) is 41.3 Å². The third kappa shape index (κ3) is 8.52. The molecule has 0 aliphatic heterocycles. The van der Waals surface area contributed by atoms with Crippen LogP contribution in [0.5, 0.6) is 0 Å². The highest BCUT2D eigenvalue weighted by Crippen LogP contribution is 2.31. The van der Waals surface area contributed by atoms with Crippen LogP contribution >= 0.6 is 46.4 Å². The summed E-state index contributed by atoms with van der Waals surface area (Å²) >= 11 is 24.8. The molecule has 1 N–H and O–H groups in total. The van der Waals surface area contributed by atoms with Crippen LogP contribution in [0.3, 0.4) is 0 Å². The molecule has 2 amide bonds. The Balaban J connectivity index is 2.09. The van der Waals surface area contributed by atoms with Crippen molar-refractivity contribution in [3.8, 4) is 0 Å². The Bertz CT molecular complexity index is 1540. The molecular formula is C29H31Cl4N3O4S. The summed E-state index contributed by atoms with van der Waals surface area (Å²) in [7, 11) is -4.25. The summed E-state index contributed by atoms with van der Waals surface area (Å²) in [6.07, 6.45) is 0. The molecule has 0 fully saturated rings. The Kier molecular flexibility index (Phi) is 10.6. The van der Waals surface area contributed by atoms with Crippen molar-refractivity contribution in [3.05, 3.63) is 91.9 Å². The van der Waals surface area contributed by atoms with Crippen molar-refractivity contribution in [1.82, 2.24) is 10.2 Å². The smallest absolute Gasteiger partial charge is 0.264 e. The van der Waals surface area contributed by atoms with E-state index in [4.69, 9.17) is 46.4 Å². The molecule has 3 aromatic rings. The normalized spacial score (nSPS) is 12.5. The molecule has 220 valence electrons. The van der Waals surface area contributed by atoms with E-state index < -0.39 is 40.0 Å². The first-order valence-electron chi connectivity index (χ1n) is 12.6. The Labute approximate surface area is 261 Å². The lowest BCUT2D eigenvalue weighted by atomic mass is 10.1. The first kappa shape index (κ1) is 33.0. The number of sulfonamides is 1. The maximum Gasteiger partial charge on any atom is 0.264 e. The zero-order valence-corrected chi connectivity index (χ0v) is 27.1. The zero-order chi connectivity index (χ0) is 30.7. The van der Waals surface area contributed by atoms with Crippen molar-refractivity contribution < 1.29 is 18.0 Å². The standard InChI is InChI=1S/C29H31Cl4N3O4S/c1-18-6-11-23(12-7-18)41(39,40)36(22-10-13-24(31)26(33)15-22)17-27(37)35(19(2)28(38)34-29(3,4)5)16-20-8-9-21(30)14-25(20)32/h6-15,19H,16-17H2,1-5H3,(H,34,38)/t19-/m1/s1. The number of amides is 2. The molecule has 0 saturated carbocycles. The van der Waals surface area contributed by atoms with E-state index in [2.05, 4.69) is 5.32 Å². The third-order valence-electron chi connectivity index (χ3n) is 6.10. The molecule has 1 atom stereocenters. The number of carbonyl (C=O) groups excluding carboxylic acids is 2. The second kappa shape index (κ2) is 13.2. The summed E-state index contributed by atoms with van der Waals surface area (Å²) in [6.45, 7) is 8.15. The van der Waals surface area contributed by atoms with Crippen LogP contribution in [0.2, 0.25) is 20.1 Å². The van der Waals surface area contributed by atoms with Crippen molar-refractivity contribution in [2.75, 3.05) is 10.8 Å². The van der Waals surface area contributed by atoms with E-state index in [-0.39, 0.29) is 27.2 Å². The summed E-state index contributed by atoms with van der Waals surface area (Å²) < 4.78 is 28.8. The topological polar surface area (TPSA) is 86.8 Å². The molecule has 7 nitrogen and oxygen atoms in total. The van der Waals surface area contributed by atoms with Gasteiger partial charge in [-0.2, -0.15) is 0 Å². The maximum absolute atomic E-state index is 14.0. The number of hydrogen-bond acceptors (Lipinski definition) is 4. The van der Waals surface area contributed by atoms with Gasteiger partial charge in [-0.3, -0.25) is 13.9 Å². The minimum absolute atomic E-state index is 0.0206. The van der Waals surface area contributed by atoms with Gasteiger partial charge in [0.1, 0.15) is 12.6 Å². The maximum atomic E-state index is 14.0. The van der Waals surface area contributed by atoms with Gasteiger partial charge in [-0.05, 0) is 82.6 Å². The van der Waals surface area contributed by atoms with E-state index in [9.17, 15) is 18.0 Å². The third-order valence-corrected chi connectivity index (χ3v) is 9.21. The summed E-state index contributed by atoms with van der Waals surface area (Å²) in [6, 6.07) is 14.4. The molecular weight excluding hydrogens is 628 g/mol. The van der Waals surface area contributed by atoms with E-state index in [0.29, 0.717) is 15.6 Å². The van der Waals surface area contributed by atoms with Gasteiger partial charge in [0.05, 0.1) is 20.6 Å². The fourth-order valence-corrected chi connectivity index (χ4v) is 6.06. The molecule has 0 spiro atoms. The molecule has 0 aromatic heterocycles. The van der Waals surface area contributed by atoms with Gasteiger partial charge in [-0.25, -0.2) is 8.42 Å². The lowest BCUT2D eigenvalue weighted by molar-refractivity contribution is -0.140. The number of nitrogens with one attached hydrogen (secondary N) is 1. The van der Waals surface area contributed by atoms with Crippen molar-refractivity contribution in [2.45, 2.75) is 57.6 Å². The summed E-state index contributed by atoms with van der Waals surface area (Å²) in [5, 5.41) is 3.92. The highest BCUT2D eigenvalue weighted by atomic mass is 35.5. The quantitative estimate of drug-likeness (QED) is 0.265. The fourth-order valence-electron chi connectivity index (χ4n) is 3.90. The monoisotopic (exact) mass is 657 g/mol. The molecule has 0 radical (unpaired) electrons. The number of rotatable bonds is 9. The average molecular weight is 659 g/mol. The molecule has 41 heavy (non-hydrogen) atoms. The summed E-state index contributed by atoms with van der Waals surface area (Å²) in [4.78, 5) is 28.5. The molecule has 0 unspecified atom stereocenters. The van der Waals surface area contributed by atoms with Gasteiger partial charge < -0.3 is 10.2 Å². The number of benzene rings is 3. The van der Waals surface area contributed by atoms with Crippen molar-refractivity contribution in [3.63, 3.8) is 0 Å². The lowest BCUT2D eigenvalue weighted by Gasteiger charge is -2.33. The van der Waals surface area contributed by atoms with Crippen molar-refractivity contribution in [1.29, 1.82) is 0 Å². The first-order valence-corrected chi connectivity index (χ1v) is 15.5. The average Bonchev–Trinajstić information content (AvgIpc) is 2.87. The number of hydrogen-bond donors (Lipinski definition) is 1. The molecule has 0 heterocycles. The number of anilines is 1. The summed E-state index contributed by atoms with van der Waals surface area (Å²) in [5.74, 6) is -1.06. The number of halogens is 4. The molecule has 0 aliphatic rings. The highest BCUT2D eigenvalue weighted by Gasteiger charge is 2.34. The van der Waals surface area contributed by atoms with E-state index in [0.717, 1.165) is 9.87 Å². The highest BCUT2D eigenvalue weighted by molar-refractivity contribution is 7.92. The Morgan fingerprint density at radius 1 is 0.878 bits per heavy atom. The van der Waals surface area contributed by atoms with E-state index in [1.807, 2.05) is 27.7 Å². The largest absolute Gasteiger partial charge is 0.350 e. The van der Waals surface area contributed by atoms with Crippen LogP contribution in [0, 0.1) is 6.92 Å². The number of carbonyl (C=O) groups is 2. The second-order valence-electron chi connectivity index (χ2n) is 10.6. The summed E-state index contributed by atoms with van der Waals surface area (Å²) in [5.41, 5.74) is 0.955. The van der Waals surface area contributed by atoms with Crippen molar-refractivity contribution in [2.24, 2.45) is 0 Å². The SMILES string of the molecule is Cc1ccc(S(=O)(=O)N(CC(=O)N(Cc2ccc(Cl)cc2Cl)[C@H](C)C(=O)NC(C)(C)C)c2ccc(Cl)c(Cl)c2)cc1. The van der Waals surface area contributed by atoms with Gasteiger partial charge in [0.2, 0.25) is 11.8 Å². The molecule has 0 aliphatic carbocycles. The van der Waals surface area contributed by atoms with Crippen LogP contribution in [0.15, 0.2) is 65.6 Å². The van der Waals surface area contributed by atoms with E-state index in [1.54, 1.807) is 31.2 Å². The second-order valence-corrected chi connectivity index (χ2v) is 14.1. The van der Waals surface area contributed by atoms with Gasteiger partial charge in [-0.1, -0.05) is 70.2 Å². The van der Waals surface area contributed by atoms with Crippen LogP contribution in [0.25, 0.3) is 0 Å². The zero-order valence-electron chi connectivity index (χ0n) is 23.2. The number of aryl methyl sites for hydroxylation is 1. The van der Waals surface area contributed by atoms with Crippen LogP contribution < -0.4 is 9.62 Å². The van der Waals surface area contributed by atoms with Gasteiger partial charge in [0.15, 0.2) is 0 Å². The van der Waals surface area contributed by atoms with Gasteiger partial charge in [0, 0.05) is 22.1 Å². The lowest BCUT2D eigenvalue weighted by Crippen LogP contribution is -2.54. The Morgan fingerprint density at radius 3 is 2.07 bits per heavy atom. The fraction of sp³-hybridized carbons (Fsp3) is 0.310. The molecule has 0 bridgehead atoms. The minimum atomic E-state index is -4.25. The van der Waals surface area contributed by atoms with E-state index >= 15 is 0 Å². The van der Waals surface area contributed by atoms with Gasteiger partial charge in [-0.15, -0.1) is 0 Å².